The predicted molar refractivity (Wildman–Crippen MR) is 108 cm³/mol. The summed E-state index contributed by atoms with van der Waals surface area (Å²) in [5, 5.41) is 16.1. The zero-order valence-electron chi connectivity index (χ0n) is 15.9. The smallest absolute Gasteiger partial charge is 0.267 e. The molecular weight excluding hydrogens is 352 g/mol. The van der Waals surface area contributed by atoms with Crippen LogP contribution in [-0.4, -0.2) is 15.7 Å². The van der Waals surface area contributed by atoms with E-state index >= 15 is 0 Å². The topological polar surface area (TPSA) is 87.8 Å². The van der Waals surface area contributed by atoms with Crippen LogP contribution >= 0.6 is 0 Å². The number of amides is 1. The third-order valence-corrected chi connectivity index (χ3v) is 4.50. The third-order valence-electron chi connectivity index (χ3n) is 4.50. The van der Waals surface area contributed by atoms with Crippen molar-refractivity contribution in [2.24, 2.45) is 0 Å². The first-order valence-electron chi connectivity index (χ1n) is 8.87. The lowest BCUT2D eigenvalue weighted by Crippen LogP contribution is -2.33. The summed E-state index contributed by atoms with van der Waals surface area (Å²) in [5.74, 6) is -0.386. The first-order chi connectivity index (χ1) is 13.4. The highest BCUT2D eigenvalue weighted by Gasteiger charge is 2.19. The van der Waals surface area contributed by atoms with Gasteiger partial charge in [-0.3, -0.25) is 9.59 Å². The molecule has 0 radical (unpaired) electrons. The third kappa shape index (κ3) is 3.99. The maximum atomic E-state index is 12.6. The van der Waals surface area contributed by atoms with E-state index in [1.165, 1.54) is 10.7 Å². The van der Waals surface area contributed by atoms with E-state index < -0.39 is 6.04 Å². The Bertz CT molecular complexity index is 1140. The number of benzene rings is 2. The van der Waals surface area contributed by atoms with Crippen LogP contribution in [-0.2, 0) is 4.79 Å². The van der Waals surface area contributed by atoms with E-state index in [-0.39, 0.29) is 11.5 Å². The Hall–Kier alpha value is -3.72. The molecule has 1 N–H and O–H groups in total. The molecule has 3 aromatic rings. The second-order valence-electron chi connectivity index (χ2n) is 6.68. The Morgan fingerprint density at radius 1 is 1.14 bits per heavy atom. The van der Waals surface area contributed by atoms with E-state index in [0.717, 1.165) is 16.7 Å². The van der Waals surface area contributed by atoms with Gasteiger partial charge in [0.25, 0.3) is 5.56 Å². The number of anilines is 1. The lowest BCUT2D eigenvalue weighted by molar-refractivity contribution is -0.119. The molecule has 0 fully saturated rings. The Kier molecular flexibility index (Phi) is 5.37. The van der Waals surface area contributed by atoms with Gasteiger partial charge in [-0.1, -0.05) is 23.8 Å². The van der Waals surface area contributed by atoms with E-state index in [2.05, 4.69) is 10.4 Å². The molecule has 0 saturated carbocycles. The summed E-state index contributed by atoms with van der Waals surface area (Å²) in [4.78, 5) is 25.0. The molecule has 0 aliphatic carbocycles. The number of aromatic nitrogens is 2. The highest BCUT2D eigenvalue weighted by molar-refractivity contribution is 5.93. The van der Waals surface area contributed by atoms with Gasteiger partial charge in [0.2, 0.25) is 5.91 Å². The Balaban J connectivity index is 1.92. The molecule has 3 rings (SSSR count). The fourth-order valence-electron chi connectivity index (χ4n) is 2.88. The summed E-state index contributed by atoms with van der Waals surface area (Å²) in [6.45, 7) is 5.58. The molecular formula is C22H20N4O2. The van der Waals surface area contributed by atoms with Crippen LogP contribution in [0.3, 0.4) is 0 Å². The summed E-state index contributed by atoms with van der Waals surface area (Å²) in [6.07, 6.45) is 0. The fraction of sp³-hybridized carbons (Fsp3) is 0.182. The zero-order valence-corrected chi connectivity index (χ0v) is 15.9. The van der Waals surface area contributed by atoms with Crippen molar-refractivity contribution in [1.82, 2.24) is 9.78 Å². The lowest BCUT2D eigenvalue weighted by atomic mass is 10.0. The number of carbonyl (C=O) groups excluding carboxylic acids is 1. The van der Waals surface area contributed by atoms with Gasteiger partial charge in [-0.25, -0.2) is 4.68 Å². The quantitative estimate of drug-likeness (QED) is 0.758. The van der Waals surface area contributed by atoms with Gasteiger partial charge >= 0.3 is 0 Å². The van der Waals surface area contributed by atoms with Gasteiger partial charge < -0.3 is 5.32 Å². The van der Waals surface area contributed by atoms with Gasteiger partial charge in [0.1, 0.15) is 6.04 Å². The van der Waals surface area contributed by atoms with E-state index in [9.17, 15) is 9.59 Å². The molecule has 6 nitrogen and oxygen atoms in total. The van der Waals surface area contributed by atoms with Gasteiger partial charge in [-0.05, 0) is 56.7 Å². The van der Waals surface area contributed by atoms with Crippen molar-refractivity contribution in [3.63, 3.8) is 0 Å². The SMILES string of the molecule is Cc1ccc(C)c(-c2ccc(=O)n([C@H](C)C(=O)Nc3cccc(C#N)c3)n2)c1. The number of hydrogen-bond acceptors (Lipinski definition) is 4. The second-order valence-corrected chi connectivity index (χ2v) is 6.68. The summed E-state index contributed by atoms with van der Waals surface area (Å²) in [7, 11) is 0. The fourth-order valence-corrected chi connectivity index (χ4v) is 2.88. The lowest BCUT2D eigenvalue weighted by Gasteiger charge is -2.16. The number of hydrogen-bond donors (Lipinski definition) is 1. The maximum Gasteiger partial charge on any atom is 0.267 e. The normalized spacial score (nSPS) is 11.5. The Labute approximate surface area is 163 Å². The van der Waals surface area contributed by atoms with Crippen LogP contribution in [0.1, 0.15) is 29.7 Å². The highest BCUT2D eigenvalue weighted by Crippen LogP contribution is 2.22. The number of nitriles is 1. The van der Waals surface area contributed by atoms with Crippen LogP contribution in [0.2, 0.25) is 0 Å². The number of carbonyl (C=O) groups is 1. The van der Waals surface area contributed by atoms with Crippen LogP contribution in [0.5, 0.6) is 0 Å². The number of nitrogens with zero attached hydrogens (tertiary/aromatic N) is 3. The molecule has 6 heteroatoms. The summed E-state index contributed by atoms with van der Waals surface area (Å²) in [6, 6.07) is 16.9. The number of rotatable bonds is 4. The maximum absolute atomic E-state index is 12.6. The predicted octanol–water partition coefficient (Wildman–Crippen LogP) is 3.60. The van der Waals surface area contributed by atoms with Gasteiger partial charge in [0.05, 0.1) is 17.3 Å². The summed E-state index contributed by atoms with van der Waals surface area (Å²) >= 11 is 0. The second kappa shape index (κ2) is 7.89. The van der Waals surface area contributed by atoms with Gasteiger partial charge in [-0.2, -0.15) is 10.4 Å². The van der Waals surface area contributed by atoms with Crippen molar-refractivity contribution in [3.05, 3.63) is 81.6 Å². The van der Waals surface area contributed by atoms with Crippen molar-refractivity contribution in [3.8, 4) is 17.3 Å². The van der Waals surface area contributed by atoms with Crippen molar-refractivity contribution in [2.45, 2.75) is 26.8 Å². The Morgan fingerprint density at radius 3 is 2.68 bits per heavy atom. The molecule has 0 aliphatic heterocycles. The first-order valence-corrected chi connectivity index (χ1v) is 8.87. The largest absolute Gasteiger partial charge is 0.324 e. The average Bonchev–Trinajstić information content (AvgIpc) is 2.70. The van der Waals surface area contributed by atoms with E-state index in [1.807, 2.05) is 38.1 Å². The van der Waals surface area contributed by atoms with Crippen LogP contribution in [0.15, 0.2) is 59.4 Å². The molecule has 0 spiro atoms. The van der Waals surface area contributed by atoms with E-state index in [1.54, 1.807) is 37.3 Å². The molecule has 28 heavy (non-hydrogen) atoms. The van der Waals surface area contributed by atoms with Crippen LogP contribution in [0.25, 0.3) is 11.3 Å². The first kappa shape index (κ1) is 19.1. The van der Waals surface area contributed by atoms with E-state index in [0.29, 0.717) is 16.9 Å². The van der Waals surface area contributed by atoms with Gasteiger partial charge in [0, 0.05) is 17.3 Å². The van der Waals surface area contributed by atoms with Crippen LogP contribution in [0.4, 0.5) is 5.69 Å². The zero-order chi connectivity index (χ0) is 20.3. The molecule has 1 aromatic heterocycles. The minimum atomic E-state index is -0.816. The monoisotopic (exact) mass is 372 g/mol. The van der Waals surface area contributed by atoms with Crippen molar-refractivity contribution in [1.29, 1.82) is 5.26 Å². The van der Waals surface area contributed by atoms with Crippen LogP contribution < -0.4 is 10.9 Å². The molecule has 0 bridgehead atoms. The molecule has 1 heterocycles. The number of nitrogens with one attached hydrogen (secondary N) is 1. The minimum absolute atomic E-state index is 0.359. The molecule has 140 valence electrons. The molecule has 0 saturated heterocycles. The minimum Gasteiger partial charge on any atom is -0.324 e. The molecule has 1 atom stereocenters. The van der Waals surface area contributed by atoms with Crippen molar-refractivity contribution in [2.75, 3.05) is 5.32 Å². The number of aryl methyl sites for hydroxylation is 2. The van der Waals surface area contributed by atoms with Gasteiger partial charge in [-0.15, -0.1) is 0 Å². The van der Waals surface area contributed by atoms with Crippen molar-refractivity contribution >= 4 is 11.6 Å². The van der Waals surface area contributed by atoms with Gasteiger partial charge in [0.15, 0.2) is 0 Å². The average molecular weight is 372 g/mol. The summed E-state index contributed by atoms with van der Waals surface area (Å²) in [5.41, 5.74) is 4.25. The molecule has 1 amide bonds. The molecule has 0 unspecified atom stereocenters. The Morgan fingerprint density at radius 2 is 1.93 bits per heavy atom. The van der Waals surface area contributed by atoms with Crippen molar-refractivity contribution < 1.29 is 4.79 Å². The summed E-state index contributed by atoms with van der Waals surface area (Å²) < 4.78 is 1.18. The standard InChI is InChI=1S/C22H20N4O2/c1-14-7-8-15(2)19(11-14)20-9-10-21(27)26(25-20)16(3)22(28)24-18-6-4-5-17(12-18)13-23/h4-12,16H,1-3H3,(H,24,28)/t16-/m1/s1. The molecule has 2 aromatic carbocycles. The van der Waals surface area contributed by atoms with Crippen LogP contribution in [0, 0.1) is 25.2 Å². The molecule has 0 aliphatic rings. The van der Waals surface area contributed by atoms with E-state index in [4.69, 9.17) is 5.26 Å². The highest BCUT2D eigenvalue weighted by atomic mass is 16.2.